The van der Waals surface area contributed by atoms with Crippen LogP contribution in [0.25, 0.3) is 0 Å². The van der Waals surface area contributed by atoms with Gasteiger partial charge in [0.15, 0.2) is 6.29 Å². The highest BCUT2D eigenvalue weighted by atomic mass is 16.7. The zero-order valence-electron chi connectivity index (χ0n) is 8.29. The molecule has 0 aromatic rings. The van der Waals surface area contributed by atoms with Crippen molar-refractivity contribution in [2.45, 2.75) is 38.9 Å². The molecule has 0 unspecified atom stereocenters. The molecule has 0 bridgehead atoms. The minimum absolute atomic E-state index is 0.0523. The van der Waals surface area contributed by atoms with E-state index in [1.54, 1.807) is 0 Å². The second-order valence-corrected chi connectivity index (χ2v) is 4.17. The van der Waals surface area contributed by atoms with E-state index in [4.69, 9.17) is 9.47 Å². The molecule has 0 atom stereocenters. The lowest BCUT2D eigenvalue weighted by molar-refractivity contribution is -0.231. The fraction of sp³-hybridized carbons (Fsp3) is 0.818. The van der Waals surface area contributed by atoms with Crippen LogP contribution in [0.1, 0.15) is 32.6 Å². The topological polar surface area (TPSA) is 18.5 Å². The Morgan fingerprint density at radius 3 is 2.62 bits per heavy atom. The largest absolute Gasteiger partial charge is 0.352 e. The van der Waals surface area contributed by atoms with E-state index in [1.807, 2.05) is 0 Å². The van der Waals surface area contributed by atoms with Gasteiger partial charge in [0.25, 0.3) is 0 Å². The average Bonchev–Trinajstić information content (AvgIpc) is 2.20. The Hall–Kier alpha value is -0.340. The van der Waals surface area contributed by atoms with Gasteiger partial charge in [0.1, 0.15) is 0 Å². The van der Waals surface area contributed by atoms with Crippen LogP contribution < -0.4 is 0 Å². The maximum atomic E-state index is 5.66. The number of hydrogen-bond acceptors (Lipinski definition) is 2. The van der Waals surface area contributed by atoms with Crippen LogP contribution >= 0.6 is 0 Å². The first kappa shape index (κ1) is 9.22. The third-order valence-corrected chi connectivity index (χ3v) is 3.04. The standard InChI is InChI=1S/C11H18O2/c1-2-10-12-8-11(9-13-10)6-4-3-5-7-11/h3-4,10H,2,5-9H2,1H3. The van der Waals surface area contributed by atoms with Gasteiger partial charge in [-0.25, -0.2) is 0 Å². The predicted octanol–water partition coefficient (Wildman–Crippen LogP) is 2.50. The minimum Gasteiger partial charge on any atom is -0.352 e. The molecule has 13 heavy (non-hydrogen) atoms. The zero-order valence-corrected chi connectivity index (χ0v) is 8.29. The van der Waals surface area contributed by atoms with E-state index >= 15 is 0 Å². The summed E-state index contributed by atoms with van der Waals surface area (Å²) in [5.41, 5.74) is 0.306. The van der Waals surface area contributed by atoms with Crippen LogP contribution in [0.5, 0.6) is 0 Å². The number of ether oxygens (including phenoxy) is 2. The molecule has 2 rings (SSSR count). The van der Waals surface area contributed by atoms with Gasteiger partial charge in [-0.2, -0.15) is 0 Å². The Kier molecular flexibility index (Phi) is 2.70. The van der Waals surface area contributed by atoms with Crippen LogP contribution in [-0.2, 0) is 9.47 Å². The van der Waals surface area contributed by atoms with Crippen molar-refractivity contribution in [2.75, 3.05) is 13.2 Å². The first-order chi connectivity index (χ1) is 6.35. The highest BCUT2D eigenvalue weighted by Crippen LogP contribution is 2.36. The summed E-state index contributed by atoms with van der Waals surface area (Å²) < 4.78 is 11.3. The number of rotatable bonds is 1. The SMILES string of the molecule is CCC1OCC2(CC=CCC2)CO1. The Labute approximate surface area is 79.9 Å². The van der Waals surface area contributed by atoms with Crippen molar-refractivity contribution in [1.29, 1.82) is 0 Å². The minimum atomic E-state index is 0.0523. The second-order valence-electron chi connectivity index (χ2n) is 4.17. The molecule has 74 valence electrons. The van der Waals surface area contributed by atoms with E-state index in [9.17, 15) is 0 Å². The van der Waals surface area contributed by atoms with Crippen molar-refractivity contribution in [3.63, 3.8) is 0 Å². The van der Waals surface area contributed by atoms with E-state index in [2.05, 4.69) is 19.1 Å². The molecule has 1 spiro atoms. The van der Waals surface area contributed by atoms with Gasteiger partial charge >= 0.3 is 0 Å². The molecule has 1 aliphatic carbocycles. The summed E-state index contributed by atoms with van der Waals surface area (Å²) in [4.78, 5) is 0. The Balaban J connectivity index is 1.92. The smallest absolute Gasteiger partial charge is 0.157 e. The van der Waals surface area contributed by atoms with Crippen LogP contribution in [-0.4, -0.2) is 19.5 Å². The fourth-order valence-corrected chi connectivity index (χ4v) is 2.07. The summed E-state index contributed by atoms with van der Waals surface area (Å²) in [6.45, 7) is 3.87. The fourth-order valence-electron chi connectivity index (χ4n) is 2.07. The van der Waals surface area contributed by atoms with Crippen LogP contribution in [0.2, 0.25) is 0 Å². The van der Waals surface area contributed by atoms with Crippen LogP contribution in [0.15, 0.2) is 12.2 Å². The molecular weight excluding hydrogens is 164 g/mol. The zero-order chi connectivity index (χ0) is 9.15. The van der Waals surface area contributed by atoms with Gasteiger partial charge in [-0.05, 0) is 25.7 Å². The molecule has 2 aliphatic rings. The number of allylic oxidation sites excluding steroid dienone is 2. The Bertz CT molecular complexity index is 190. The molecule has 0 amide bonds. The van der Waals surface area contributed by atoms with Gasteiger partial charge in [-0.3, -0.25) is 0 Å². The molecule has 2 heteroatoms. The lowest BCUT2D eigenvalue weighted by atomic mass is 9.78. The molecule has 0 saturated carbocycles. The molecule has 1 aliphatic heterocycles. The summed E-state index contributed by atoms with van der Waals surface area (Å²) in [6, 6.07) is 0. The summed E-state index contributed by atoms with van der Waals surface area (Å²) in [6.07, 6.45) is 9.08. The van der Waals surface area contributed by atoms with E-state index in [-0.39, 0.29) is 6.29 Å². The van der Waals surface area contributed by atoms with Gasteiger partial charge in [0.2, 0.25) is 0 Å². The molecular formula is C11H18O2. The molecule has 0 N–H and O–H groups in total. The Morgan fingerprint density at radius 1 is 1.31 bits per heavy atom. The molecule has 1 heterocycles. The predicted molar refractivity (Wildman–Crippen MR) is 51.4 cm³/mol. The highest BCUT2D eigenvalue weighted by molar-refractivity contribution is 4.98. The van der Waals surface area contributed by atoms with Gasteiger partial charge in [0, 0.05) is 5.41 Å². The van der Waals surface area contributed by atoms with E-state index < -0.39 is 0 Å². The maximum absolute atomic E-state index is 5.66. The molecule has 2 nitrogen and oxygen atoms in total. The quantitative estimate of drug-likeness (QED) is 0.580. The van der Waals surface area contributed by atoms with Crippen molar-refractivity contribution in [1.82, 2.24) is 0 Å². The molecule has 1 fully saturated rings. The molecule has 0 aromatic heterocycles. The maximum Gasteiger partial charge on any atom is 0.157 e. The van der Waals surface area contributed by atoms with Gasteiger partial charge in [-0.15, -0.1) is 0 Å². The van der Waals surface area contributed by atoms with Gasteiger partial charge in [-0.1, -0.05) is 19.1 Å². The van der Waals surface area contributed by atoms with Crippen molar-refractivity contribution in [2.24, 2.45) is 5.41 Å². The van der Waals surface area contributed by atoms with Crippen LogP contribution in [0, 0.1) is 5.41 Å². The average molecular weight is 182 g/mol. The first-order valence-corrected chi connectivity index (χ1v) is 5.23. The van der Waals surface area contributed by atoms with E-state index in [0.29, 0.717) is 5.41 Å². The lowest BCUT2D eigenvalue weighted by Crippen LogP contribution is -2.42. The number of hydrogen-bond donors (Lipinski definition) is 0. The van der Waals surface area contributed by atoms with Crippen molar-refractivity contribution in [3.8, 4) is 0 Å². The highest BCUT2D eigenvalue weighted by Gasteiger charge is 2.35. The third-order valence-electron chi connectivity index (χ3n) is 3.04. The summed E-state index contributed by atoms with van der Waals surface area (Å²) >= 11 is 0. The van der Waals surface area contributed by atoms with Gasteiger partial charge in [0.05, 0.1) is 13.2 Å². The second kappa shape index (κ2) is 3.81. The molecule has 0 aromatic carbocycles. The summed E-state index contributed by atoms with van der Waals surface area (Å²) in [5.74, 6) is 0. The third kappa shape index (κ3) is 1.94. The monoisotopic (exact) mass is 182 g/mol. The van der Waals surface area contributed by atoms with E-state index in [1.165, 1.54) is 12.8 Å². The Morgan fingerprint density at radius 2 is 2.08 bits per heavy atom. The van der Waals surface area contributed by atoms with Crippen molar-refractivity contribution in [3.05, 3.63) is 12.2 Å². The van der Waals surface area contributed by atoms with Crippen LogP contribution in [0.3, 0.4) is 0 Å². The van der Waals surface area contributed by atoms with Crippen LogP contribution in [0.4, 0.5) is 0 Å². The summed E-state index contributed by atoms with van der Waals surface area (Å²) in [7, 11) is 0. The summed E-state index contributed by atoms with van der Waals surface area (Å²) in [5, 5.41) is 0. The lowest BCUT2D eigenvalue weighted by Gasteiger charge is -2.40. The normalized spacial score (nSPS) is 39.6. The van der Waals surface area contributed by atoms with Crippen molar-refractivity contribution >= 4 is 0 Å². The molecule has 1 saturated heterocycles. The van der Waals surface area contributed by atoms with Gasteiger partial charge < -0.3 is 9.47 Å². The van der Waals surface area contributed by atoms with Crippen molar-refractivity contribution < 1.29 is 9.47 Å². The van der Waals surface area contributed by atoms with E-state index in [0.717, 1.165) is 26.1 Å². The first-order valence-electron chi connectivity index (χ1n) is 5.23. The molecule has 0 radical (unpaired) electrons.